The number of rotatable bonds is 6. The number of nitrogens with one attached hydrogen (secondary N) is 1. The number of esters is 1. The van der Waals surface area contributed by atoms with Crippen LogP contribution in [0.3, 0.4) is 0 Å². The maximum Gasteiger partial charge on any atom is 0.321 e. The molecule has 4 rings (SSSR count). The first kappa shape index (κ1) is 18.8. The Balaban J connectivity index is 1.28. The molecule has 1 heterocycles. The lowest BCUT2D eigenvalue weighted by Gasteiger charge is -2.07. The van der Waals surface area contributed by atoms with E-state index < -0.39 is 0 Å². The molecule has 1 aliphatic rings. The maximum atomic E-state index is 12.1. The van der Waals surface area contributed by atoms with Crippen molar-refractivity contribution < 1.29 is 14.3 Å². The first-order chi connectivity index (χ1) is 13.7. The highest BCUT2D eigenvalue weighted by molar-refractivity contribution is 8.00. The summed E-state index contributed by atoms with van der Waals surface area (Å²) in [6.45, 7) is 0. The van der Waals surface area contributed by atoms with Gasteiger partial charge in [0.05, 0.1) is 10.6 Å². The standard InChI is InChI=1S/C22H19NO3S2/c24-21(14-28-19-11-6-15-3-1-4-16(15)13-19)26-18-9-7-17(8-10-18)23-22(25)20-5-2-12-27-20/h2,5-13H,1,3-4,14H2,(H,23,25). The number of benzene rings is 2. The third-order valence-corrected chi connectivity index (χ3v) is 6.35. The number of hydrogen-bond acceptors (Lipinski definition) is 5. The van der Waals surface area contributed by atoms with Gasteiger partial charge in [0.15, 0.2) is 0 Å². The van der Waals surface area contributed by atoms with Crippen molar-refractivity contribution in [2.24, 2.45) is 0 Å². The third kappa shape index (κ3) is 4.64. The first-order valence-electron chi connectivity index (χ1n) is 9.07. The molecule has 0 saturated heterocycles. The molecule has 1 aromatic heterocycles. The number of hydrogen-bond donors (Lipinski definition) is 1. The van der Waals surface area contributed by atoms with Gasteiger partial charge >= 0.3 is 5.97 Å². The molecule has 6 heteroatoms. The van der Waals surface area contributed by atoms with Crippen molar-refractivity contribution in [3.8, 4) is 5.75 Å². The van der Waals surface area contributed by atoms with Crippen LogP contribution in [0.1, 0.15) is 27.2 Å². The highest BCUT2D eigenvalue weighted by atomic mass is 32.2. The van der Waals surface area contributed by atoms with Crippen LogP contribution in [0.25, 0.3) is 0 Å². The predicted octanol–water partition coefficient (Wildman–Crippen LogP) is 5.19. The van der Waals surface area contributed by atoms with Crippen LogP contribution in [0.5, 0.6) is 5.75 Å². The topological polar surface area (TPSA) is 55.4 Å². The van der Waals surface area contributed by atoms with Crippen molar-refractivity contribution in [1.82, 2.24) is 0 Å². The summed E-state index contributed by atoms with van der Waals surface area (Å²) in [6, 6.07) is 16.9. The van der Waals surface area contributed by atoms with E-state index in [1.807, 2.05) is 11.4 Å². The zero-order valence-corrected chi connectivity index (χ0v) is 16.8. The molecule has 1 amide bonds. The van der Waals surface area contributed by atoms with E-state index in [0.29, 0.717) is 16.3 Å². The summed E-state index contributed by atoms with van der Waals surface area (Å²) in [5.41, 5.74) is 3.49. The van der Waals surface area contributed by atoms with E-state index in [1.165, 1.54) is 40.6 Å². The van der Waals surface area contributed by atoms with Gasteiger partial charge in [-0.1, -0.05) is 12.1 Å². The van der Waals surface area contributed by atoms with Gasteiger partial charge in [0, 0.05) is 10.6 Å². The van der Waals surface area contributed by atoms with Crippen LogP contribution in [0, 0.1) is 0 Å². The lowest BCUT2D eigenvalue weighted by atomic mass is 10.1. The van der Waals surface area contributed by atoms with Gasteiger partial charge in [0.1, 0.15) is 5.75 Å². The maximum absolute atomic E-state index is 12.1. The largest absolute Gasteiger partial charge is 0.426 e. The minimum atomic E-state index is -0.291. The second kappa shape index (κ2) is 8.63. The van der Waals surface area contributed by atoms with E-state index in [-0.39, 0.29) is 17.6 Å². The fraction of sp³-hybridized carbons (Fsp3) is 0.182. The molecule has 0 radical (unpaired) electrons. The van der Waals surface area contributed by atoms with Gasteiger partial charge in [-0.25, -0.2) is 0 Å². The lowest BCUT2D eigenvalue weighted by molar-refractivity contribution is -0.131. The Morgan fingerprint density at radius 3 is 2.64 bits per heavy atom. The minimum absolute atomic E-state index is 0.148. The Kier molecular flexibility index (Phi) is 5.78. The Morgan fingerprint density at radius 1 is 1.04 bits per heavy atom. The van der Waals surface area contributed by atoms with Crippen LogP contribution in [-0.4, -0.2) is 17.6 Å². The number of amides is 1. The Bertz CT molecular complexity index is 982. The number of ether oxygens (including phenoxy) is 1. The number of carbonyl (C=O) groups excluding carboxylic acids is 2. The van der Waals surface area contributed by atoms with E-state index in [0.717, 1.165) is 17.7 Å². The molecule has 2 aromatic carbocycles. The van der Waals surface area contributed by atoms with Gasteiger partial charge in [0.2, 0.25) is 0 Å². The summed E-state index contributed by atoms with van der Waals surface area (Å²) in [7, 11) is 0. The number of aryl methyl sites for hydroxylation is 2. The summed E-state index contributed by atoms with van der Waals surface area (Å²) in [5, 5.41) is 4.68. The highest BCUT2D eigenvalue weighted by Gasteiger charge is 2.12. The second-order valence-electron chi connectivity index (χ2n) is 6.50. The zero-order chi connectivity index (χ0) is 19.3. The van der Waals surface area contributed by atoms with Crippen molar-refractivity contribution in [3.05, 3.63) is 76.0 Å². The van der Waals surface area contributed by atoms with E-state index in [2.05, 4.69) is 23.5 Å². The molecular formula is C22H19NO3S2. The zero-order valence-electron chi connectivity index (χ0n) is 15.1. The summed E-state index contributed by atoms with van der Waals surface area (Å²) >= 11 is 2.88. The fourth-order valence-electron chi connectivity index (χ4n) is 3.15. The van der Waals surface area contributed by atoms with Crippen LogP contribution in [0.2, 0.25) is 0 Å². The van der Waals surface area contributed by atoms with Crippen LogP contribution >= 0.6 is 23.1 Å². The molecule has 0 spiro atoms. The van der Waals surface area contributed by atoms with Crippen molar-refractivity contribution in [2.75, 3.05) is 11.1 Å². The molecule has 0 atom stereocenters. The Hall–Kier alpha value is -2.57. The first-order valence-corrected chi connectivity index (χ1v) is 10.9. The number of fused-ring (bicyclic) bond motifs is 1. The van der Waals surface area contributed by atoms with Gasteiger partial charge in [-0.3, -0.25) is 9.59 Å². The average Bonchev–Trinajstić information content (AvgIpc) is 3.39. The quantitative estimate of drug-likeness (QED) is 0.346. The van der Waals surface area contributed by atoms with Crippen LogP contribution in [0.15, 0.2) is 64.9 Å². The van der Waals surface area contributed by atoms with E-state index in [4.69, 9.17) is 4.74 Å². The van der Waals surface area contributed by atoms with Gasteiger partial charge < -0.3 is 10.1 Å². The number of anilines is 1. The fourth-order valence-corrected chi connectivity index (χ4v) is 4.50. The Morgan fingerprint density at radius 2 is 1.86 bits per heavy atom. The monoisotopic (exact) mass is 409 g/mol. The van der Waals surface area contributed by atoms with Gasteiger partial charge in [-0.2, -0.15) is 0 Å². The summed E-state index contributed by atoms with van der Waals surface area (Å²) in [5.74, 6) is 0.287. The highest BCUT2D eigenvalue weighted by Crippen LogP contribution is 2.28. The number of thioether (sulfide) groups is 1. The Labute approximate surface area is 171 Å². The molecule has 4 nitrogen and oxygen atoms in total. The summed E-state index contributed by atoms with van der Waals surface area (Å²) < 4.78 is 5.39. The summed E-state index contributed by atoms with van der Waals surface area (Å²) in [6.07, 6.45) is 3.50. The molecule has 1 N–H and O–H groups in total. The minimum Gasteiger partial charge on any atom is -0.426 e. The molecule has 0 unspecified atom stereocenters. The third-order valence-electron chi connectivity index (χ3n) is 4.52. The smallest absolute Gasteiger partial charge is 0.321 e. The van der Waals surface area contributed by atoms with Crippen molar-refractivity contribution >= 4 is 40.7 Å². The molecule has 3 aromatic rings. The van der Waals surface area contributed by atoms with Crippen molar-refractivity contribution in [3.63, 3.8) is 0 Å². The lowest BCUT2D eigenvalue weighted by Crippen LogP contribution is -2.11. The van der Waals surface area contributed by atoms with Crippen LogP contribution in [-0.2, 0) is 17.6 Å². The van der Waals surface area contributed by atoms with E-state index in [1.54, 1.807) is 30.3 Å². The molecule has 0 aliphatic heterocycles. The molecule has 142 valence electrons. The second-order valence-corrected chi connectivity index (χ2v) is 8.50. The van der Waals surface area contributed by atoms with Crippen molar-refractivity contribution in [1.29, 1.82) is 0 Å². The molecule has 28 heavy (non-hydrogen) atoms. The molecule has 0 bridgehead atoms. The molecular weight excluding hydrogens is 390 g/mol. The van der Waals surface area contributed by atoms with Gasteiger partial charge in [0.25, 0.3) is 5.91 Å². The summed E-state index contributed by atoms with van der Waals surface area (Å²) in [4.78, 5) is 25.9. The van der Waals surface area contributed by atoms with Crippen LogP contribution < -0.4 is 10.1 Å². The van der Waals surface area contributed by atoms with Gasteiger partial charge in [-0.05, 0) is 78.2 Å². The van der Waals surface area contributed by atoms with E-state index >= 15 is 0 Å². The molecule has 1 aliphatic carbocycles. The average molecular weight is 410 g/mol. The van der Waals surface area contributed by atoms with Gasteiger partial charge in [-0.15, -0.1) is 23.1 Å². The number of thiophene rings is 1. The number of carbonyl (C=O) groups is 2. The SMILES string of the molecule is O=C(CSc1ccc2c(c1)CCC2)Oc1ccc(NC(=O)c2cccs2)cc1. The predicted molar refractivity (Wildman–Crippen MR) is 114 cm³/mol. The molecule has 0 saturated carbocycles. The van der Waals surface area contributed by atoms with Crippen LogP contribution in [0.4, 0.5) is 5.69 Å². The molecule has 0 fully saturated rings. The normalized spacial score (nSPS) is 12.4. The van der Waals surface area contributed by atoms with E-state index in [9.17, 15) is 9.59 Å². The van der Waals surface area contributed by atoms with Crippen molar-refractivity contribution in [2.45, 2.75) is 24.2 Å².